The molecule has 0 radical (unpaired) electrons. The van der Waals surface area contributed by atoms with Gasteiger partial charge in [-0.25, -0.2) is 4.79 Å². The second-order valence-electron chi connectivity index (χ2n) is 7.36. The van der Waals surface area contributed by atoms with Crippen molar-refractivity contribution in [3.63, 3.8) is 0 Å². The van der Waals surface area contributed by atoms with Crippen molar-refractivity contribution in [3.05, 3.63) is 23.8 Å². The van der Waals surface area contributed by atoms with Crippen molar-refractivity contribution in [3.8, 4) is 5.75 Å². The van der Waals surface area contributed by atoms with Crippen LogP contribution in [0.5, 0.6) is 5.75 Å². The number of hydrogen-bond donors (Lipinski definition) is 1. The maximum atomic E-state index is 13.2. The van der Waals surface area contributed by atoms with Gasteiger partial charge in [0.05, 0.1) is 13.2 Å². The Balaban J connectivity index is 2.25. The molecule has 0 saturated heterocycles. The first kappa shape index (κ1) is 22.2. The molecule has 6 heteroatoms. The number of hydrogen-bond acceptors (Lipinski definition) is 5. The molecule has 0 heterocycles. The van der Waals surface area contributed by atoms with Gasteiger partial charge >= 0.3 is 5.97 Å². The highest BCUT2D eigenvalue weighted by atomic mass is 16.5. The number of benzene rings is 1. The van der Waals surface area contributed by atoms with E-state index in [1.165, 1.54) is 0 Å². The molecule has 1 aromatic rings. The van der Waals surface area contributed by atoms with Crippen molar-refractivity contribution in [2.45, 2.75) is 65.4 Å². The van der Waals surface area contributed by atoms with Gasteiger partial charge in [-0.05, 0) is 63.6 Å². The third-order valence-electron chi connectivity index (χ3n) is 4.98. The number of rotatable bonds is 9. The van der Waals surface area contributed by atoms with E-state index >= 15 is 0 Å². The van der Waals surface area contributed by atoms with Gasteiger partial charge in [0.1, 0.15) is 16.9 Å². The summed E-state index contributed by atoms with van der Waals surface area (Å²) in [5, 5.41) is 2.96. The highest BCUT2D eigenvalue weighted by Crippen LogP contribution is 2.36. The first-order valence-corrected chi connectivity index (χ1v) is 10.3. The highest BCUT2D eigenvalue weighted by Gasteiger charge is 2.42. The van der Waals surface area contributed by atoms with Crippen molar-refractivity contribution in [2.24, 2.45) is 5.92 Å². The summed E-state index contributed by atoms with van der Waals surface area (Å²) in [4.78, 5) is 25.5. The van der Waals surface area contributed by atoms with Gasteiger partial charge in [0.2, 0.25) is 0 Å². The van der Waals surface area contributed by atoms with E-state index in [1.807, 2.05) is 13.8 Å². The molecule has 0 aliphatic heterocycles. The smallest absolute Gasteiger partial charge is 0.341 e. The van der Waals surface area contributed by atoms with Crippen molar-refractivity contribution in [1.29, 1.82) is 0 Å². The second kappa shape index (κ2) is 10.5. The maximum Gasteiger partial charge on any atom is 0.341 e. The third-order valence-corrected chi connectivity index (χ3v) is 4.98. The van der Waals surface area contributed by atoms with Gasteiger partial charge in [0.15, 0.2) is 0 Å². The number of anilines is 1. The van der Waals surface area contributed by atoms with E-state index < -0.39 is 11.6 Å². The average molecular weight is 392 g/mol. The van der Waals surface area contributed by atoms with Crippen molar-refractivity contribution < 1.29 is 23.8 Å². The van der Waals surface area contributed by atoms with Crippen LogP contribution in [0.25, 0.3) is 0 Å². The number of esters is 1. The highest BCUT2D eigenvalue weighted by molar-refractivity contribution is 5.99. The summed E-state index contributed by atoms with van der Waals surface area (Å²) in [5.74, 6) is 0.269. The van der Waals surface area contributed by atoms with Gasteiger partial charge in [-0.15, -0.1) is 0 Å². The molecule has 1 amide bonds. The summed E-state index contributed by atoms with van der Waals surface area (Å²) in [6.45, 7) is 9.06. The summed E-state index contributed by atoms with van der Waals surface area (Å²) in [7, 11) is 0. The Morgan fingerprint density at radius 3 is 2.64 bits per heavy atom. The van der Waals surface area contributed by atoms with Crippen LogP contribution in [0.2, 0.25) is 0 Å². The van der Waals surface area contributed by atoms with Gasteiger partial charge in [0, 0.05) is 12.3 Å². The van der Waals surface area contributed by atoms with Crippen LogP contribution in [0.4, 0.5) is 5.69 Å². The molecule has 0 aromatic heterocycles. The topological polar surface area (TPSA) is 73.9 Å². The lowest BCUT2D eigenvalue weighted by molar-refractivity contribution is -0.148. The number of carbonyl (C=O) groups is 2. The van der Waals surface area contributed by atoms with E-state index in [4.69, 9.17) is 14.2 Å². The number of carbonyl (C=O) groups excluding carboxylic acids is 2. The average Bonchev–Trinajstić information content (AvgIpc) is 2.68. The SMILES string of the molecule is CCCO[C@]1(C(=O)Nc2ccc(OCC)c(C(=O)OCC)c2)CCC[C@H](C)C1. The molecule has 1 aliphatic carbocycles. The molecule has 0 unspecified atom stereocenters. The molecule has 1 saturated carbocycles. The standard InChI is InChI=1S/C22H33NO5/c1-5-13-28-22(12-8-9-16(4)15-22)21(25)23-17-10-11-19(26-6-2)18(14-17)20(24)27-7-3/h10-11,14,16H,5-9,12-13,15H2,1-4H3,(H,23,25)/t16-,22+/m0/s1. The van der Waals surface area contributed by atoms with Crippen LogP contribution in [-0.4, -0.2) is 37.3 Å². The zero-order valence-corrected chi connectivity index (χ0v) is 17.5. The zero-order chi connectivity index (χ0) is 20.6. The largest absolute Gasteiger partial charge is 0.493 e. The Morgan fingerprint density at radius 2 is 2.00 bits per heavy atom. The summed E-state index contributed by atoms with van der Waals surface area (Å²) < 4.78 is 16.7. The van der Waals surface area contributed by atoms with Crippen molar-refractivity contribution in [1.82, 2.24) is 0 Å². The van der Waals surface area contributed by atoms with E-state index in [1.54, 1.807) is 25.1 Å². The van der Waals surface area contributed by atoms with E-state index in [2.05, 4.69) is 12.2 Å². The molecule has 1 aliphatic rings. The van der Waals surface area contributed by atoms with Gasteiger partial charge in [-0.3, -0.25) is 4.79 Å². The van der Waals surface area contributed by atoms with Crippen LogP contribution < -0.4 is 10.1 Å². The molecule has 0 spiro atoms. The van der Waals surface area contributed by atoms with Crippen molar-refractivity contribution in [2.75, 3.05) is 25.1 Å². The third kappa shape index (κ3) is 5.47. The van der Waals surface area contributed by atoms with Crippen LogP contribution >= 0.6 is 0 Å². The predicted octanol–water partition coefficient (Wildman–Crippen LogP) is 4.58. The van der Waals surface area contributed by atoms with Gasteiger partial charge in [-0.1, -0.05) is 20.3 Å². The summed E-state index contributed by atoms with van der Waals surface area (Å²) >= 11 is 0. The fraction of sp³-hybridized carbons (Fsp3) is 0.636. The fourth-order valence-electron chi connectivity index (χ4n) is 3.71. The fourth-order valence-corrected chi connectivity index (χ4v) is 3.71. The van der Waals surface area contributed by atoms with Crippen LogP contribution in [0, 0.1) is 5.92 Å². The first-order valence-electron chi connectivity index (χ1n) is 10.3. The lowest BCUT2D eigenvalue weighted by atomic mass is 9.78. The molecular weight excluding hydrogens is 358 g/mol. The normalized spacial score (nSPS) is 21.8. The summed E-state index contributed by atoms with van der Waals surface area (Å²) in [6.07, 6.45) is 4.36. The Hall–Kier alpha value is -2.08. The number of ether oxygens (including phenoxy) is 3. The first-order chi connectivity index (χ1) is 13.5. The van der Waals surface area contributed by atoms with Crippen LogP contribution in [0.3, 0.4) is 0 Å². The molecular formula is C22H33NO5. The maximum absolute atomic E-state index is 13.2. The van der Waals surface area contributed by atoms with E-state index in [-0.39, 0.29) is 12.5 Å². The molecule has 6 nitrogen and oxygen atoms in total. The molecule has 2 atom stereocenters. The lowest BCUT2D eigenvalue weighted by Crippen LogP contribution is -2.48. The zero-order valence-electron chi connectivity index (χ0n) is 17.5. The predicted molar refractivity (Wildman–Crippen MR) is 109 cm³/mol. The minimum absolute atomic E-state index is 0.147. The Labute approximate surface area is 167 Å². The Morgan fingerprint density at radius 1 is 1.21 bits per heavy atom. The monoisotopic (exact) mass is 391 g/mol. The summed E-state index contributed by atoms with van der Waals surface area (Å²) in [5.41, 5.74) is 0.0346. The van der Waals surface area contributed by atoms with E-state index in [0.29, 0.717) is 49.0 Å². The van der Waals surface area contributed by atoms with Gasteiger partial charge < -0.3 is 19.5 Å². The molecule has 156 valence electrons. The summed E-state index contributed by atoms with van der Waals surface area (Å²) in [6, 6.07) is 5.04. The second-order valence-corrected chi connectivity index (χ2v) is 7.36. The molecule has 2 rings (SSSR count). The Kier molecular flexibility index (Phi) is 8.30. The quantitative estimate of drug-likeness (QED) is 0.624. The molecule has 0 bridgehead atoms. The molecule has 1 N–H and O–H groups in total. The van der Waals surface area contributed by atoms with Crippen LogP contribution in [0.15, 0.2) is 18.2 Å². The molecule has 1 fully saturated rings. The molecule has 1 aromatic carbocycles. The van der Waals surface area contributed by atoms with Gasteiger partial charge in [-0.2, -0.15) is 0 Å². The minimum Gasteiger partial charge on any atom is -0.493 e. The van der Waals surface area contributed by atoms with E-state index in [0.717, 1.165) is 19.3 Å². The van der Waals surface area contributed by atoms with Crippen LogP contribution in [0.1, 0.15) is 70.2 Å². The van der Waals surface area contributed by atoms with Crippen molar-refractivity contribution >= 4 is 17.6 Å². The molecule has 28 heavy (non-hydrogen) atoms. The number of amides is 1. The minimum atomic E-state index is -0.809. The lowest BCUT2D eigenvalue weighted by Gasteiger charge is -2.38. The Bertz CT molecular complexity index is 675. The van der Waals surface area contributed by atoms with E-state index in [9.17, 15) is 9.59 Å². The number of nitrogens with one attached hydrogen (secondary N) is 1. The van der Waals surface area contributed by atoms with Crippen LogP contribution in [-0.2, 0) is 14.3 Å². The van der Waals surface area contributed by atoms with Gasteiger partial charge in [0.25, 0.3) is 5.91 Å².